The molecule has 98 valence electrons. The van der Waals surface area contributed by atoms with Crippen LogP contribution in [0.15, 0.2) is 0 Å². The summed E-state index contributed by atoms with van der Waals surface area (Å²) in [4.78, 5) is 6.50. The Morgan fingerprint density at radius 2 is 2.17 bits per heavy atom. The summed E-state index contributed by atoms with van der Waals surface area (Å²) in [6, 6.07) is 0.715. The summed E-state index contributed by atoms with van der Waals surface area (Å²) in [6.07, 6.45) is 8.83. The summed E-state index contributed by atoms with van der Waals surface area (Å²) >= 11 is 1.95. The van der Waals surface area contributed by atoms with Crippen molar-refractivity contribution in [2.45, 2.75) is 56.5 Å². The maximum Gasteiger partial charge on any atom is 0.116 e. The van der Waals surface area contributed by atoms with E-state index in [9.17, 15) is 0 Å². The van der Waals surface area contributed by atoms with E-state index in [0.717, 1.165) is 19.6 Å². The second-order valence-corrected chi connectivity index (χ2v) is 6.98. The van der Waals surface area contributed by atoms with E-state index < -0.39 is 0 Å². The number of ether oxygens (including phenoxy) is 1. The maximum absolute atomic E-state index is 5.68. The Bertz CT molecular complexity index is 423. The number of rotatable bonds is 3. The fraction of sp³-hybridized carbons (Fsp3) is 0.786. The Morgan fingerprint density at radius 1 is 1.28 bits per heavy atom. The molecule has 4 heteroatoms. The third-order valence-electron chi connectivity index (χ3n) is 4.33. The monoisotopic (exact) mass is 264 g/mol. The summed E-state index contributed by atoms with van der Waals surface area (Å²) in [7, 11) is 0. The molecule has 1 N–H and O–H groups in total. The minimum atomic E-state index is 0.0448. The van der Waals surface area contributed by atoms with Crippen LogP contribution in [0.3, 0.4) is 0 Å². The van der Waals surface area contributed by atoms with Crippen LogP contribution in [0.5, 0.6) is 0 Å². The molecule has 4 rings (SSSR count). The number of fused-ring (bicyclic) bond motifs is 1. The van der Waals surface area contributed by atoms with E-state index in [-0.39, 0.29) is 5.54 Å². The van der Waals surface area contributed by atoms with Gasteiger partial charge in [0.15, 0.2) is 0 Å². The maximum atomic E-state index is 5.68. The van der Waals surface area contributed by atoms with Gasteiger partial charge in [-0.15, -0.1) is 11.3 Å². The average Bonchev–Trinajstić information content (AvgIpc) is 2.93. The van der Waals surface area contributed by atoms with Gasteiger partial charge in [-0.3, -0.25) is 0 Å². The second-order valence-electron chi connectivity index (χ2n) is 5.90. The Hall–Kier alpha value is -0.450. The highest BCUT2D eigenvalue weighted by Crippen LogP contribution is 2.39. The number of thiazole rings is 1. The molecule has 1 atom stereocenters. The lowest BCUT2D eigenvalue weighted by Crippen LogP contribution is -2.44. The quantitative estimate of drug-likeness (QED) is 0.910. The fourth-order valence-corrected chi connectivity index (χ4v) is 4.40. The highest BCUT2D eigenvalue weighted by molar-refractivity contribution is 7.11. The van der Waals surface area contributed by atoms with E-state index in [0.29, 0.717) is 6.04 Å². The lowest BCUT2D eigenvalue weighted by atomic mass is 9.99. The molecule has 0 aromatic carbocycles. The van der Waals surface area contributed by atoms with Gasteiger partial charge in [0.05, 0.1) is 17.8 Å². The summed E-state index contributed by atoms with van der Waals surface area (Å²) in [6.45, 7) is 1.69. The molecule has 18 heavy (non-hydrogen) atoms. The van der Waals surface area contributed by atoms with E-state index in [4.69, 9.17) is 9.72 Å². The SMILES string of the molecule is C1CCc2sc(C3(NC4CC4)CCOC3)nc2C1. The molecule has 0 radical (unpaired) electrons. The van der Waals surface area contributed by atoms with E-state index >= 15 is 0 Å². The molecule has 0 spiro atoms. The van der Waals surface area contributed by atoms with Crippen molar-refractivity contribution in [2.24, 2.45) is 0 Å². The molecule has 1 aromatic heterocycles. The molecule has 2 aliphatic carbocycles. The molecule has 3 nitrogen and oxygen atoms in total. The Morgan fingerprint density at radius 3 is 2.89 bits per heavy atom. The summed E-state index contributed by atoms with van der Waals surface area (Å²) in [5.41, 5.74) is 1.42. The Labute approximate surface area is 112 Å². The lowest BCUT2D eigenvalue weighted by molar-refractivity contribution is 0.165. The number of nitrogens with zero attached hydrogens (tertiary/aromatic N) is 1. The standard InChI is InChI=1S/C14H20N2OS/c1-2-4-12-11(3-1)15-13(18-12)14(7-8-17-9-14)16-10-5-6-10/h10,16H,1-9H2. The van der Waals surface area contributed by atoms with Gasteiger partial charge < -0.3 is 10.1 Å². The second kappa shape index (κ2) is 4.29. The van der Waals surface area contributed by atoms with Crippen molar-refractivity contribution in [2.75, 3.05) is 13.2 Å². The zero-order valence-electron chi connectivity index (χ0n) is 10.7. The molecule has 2 fully saturated rings. The van der Waals surface area contributed by atoms with Gasteiger partial charge in [0.25, 0.3) is 0 Å². The van der Waals surface area contributed by atoms with Crippen LogP contribution in [0.25, 0.3) is 0 Å². The molecule has 1 unspecified atom stereocenters. The van der Waals surface area contributed by atoms with E-state index in [1.807, 2.05) is 11.3 Å². The summed E-state index contributed by atoms with van der Waals surface area (Å²) < 4.78 is 5.68. The highest BCUT2D eigenvalue weighted by Gasteiger charge is 2.43. The molecule has 3 aliphatic rings. The first-order chi connectivity index (χ1) is 8.86. The van der Waals surface area contributed by atoms with E-state index in [1.54, 1.807) is 4.88 Å². The molecule has 1 aliphatic heterocycles. The fourth-order valence-electron chi connectivity index (χ4n) is 3.08. The first-order valence-electron chi connectivity index (χ1n) is 7.20. The van der Waals surface area contributed by atoms with Gasteiger partial charge in [-0.05, 0) is 44.9 Å². The van der Waals surface area contributed by atoms with Crippen LogP contribution in [0.4, 0.5) is 0 Å². The average molecular weight is 264 g/mol. The number of nitrogens with one attached hydrogen (secondary N) is 1. The molecule has 2 heterocycles. The minimum absolute atomic E-state index is 0.0448. The van der Waals surface area contributed by atoms with E-state index in [2.05, 4.69) is 5.32 Å². The molecule has 0 amide bonds. The van der Waals surface area contributed by atoms with Crippen molar-refractivity contribution in [1.82, 2.24) is 10.3 Å². The molecule has 0 bridgehead atoms. The van der Waals surface area contributed by atoms with Gasteiger partial charge in [0.2, 0.25) is 0 Å². The molecule has 1 saturated heterocycles. The Kier molecular flexibility index (Phi) is 2.71. The zero-order valence-corrected chi connectivity index (χ0v) is 11.5. The van der Waals surface area contributed by atoms with Crippen molar-refractivity contribution in [3.63, 3.8) is 0 Å². The predicted molar refractivity (Wildman–Crippen MR) is 72.0 cm³/mol. The van der Waals surface area contributed by atoms with Gasteiger partial charge in [-0.1, -0.05) is 0 Å². The van der Waals surface area contributed by atoms with Crippen molar-refractivity contribution >= 4 is 11.3 Å². The van der Waals surface area contributed by atoms with Crippen molar-refractivity contribution < 1.29 is 4.74 Å². The molecular weight excluding hydrogens is 244 g/mol. The largest absolute Gasteiger partial charge is 0.379 e. The topological polar surface area (TPSA) is 34.1 Å². The summed E-state index contributed by atoms with van der Waals surface area (Å²) in [5, 5.41) is 5.12. The van der Waals surface area contributed by atoms with Gasteiger partial charge >= 0.3 is 0 Å². The summed E-state index contributed by atoms with van der Waals surface area (Å²) in [5.74, 6) is 0. The van der Waals surface area contributed by atoms with Crippen LogP contribution < -0.4 is 5.32 Å². The van der Waals surface area contributed by atoms with Crippen LogP contribution in [0.1, 0.15) is 47.7 Å². The first kappa shape index (κ1) is 11.4. The lowest BCUT2D eigenvalue weighted by Gasteiger charge is -2.26. The van der Waals surface area contributed by atoms with Crippen molar-refractivity contribution in [3.8, 4) is 0 Å². The van der Waals surface area contributed by atoms with Gasteiger partial charge in [0, 0.05) is 17.5 Å². The van der Waals surface area contributed by atoms with Gasteiger partial charge in [-0.2, -0.15) is 0 Å². The van der Waals surface area contributed by atoms with Crippen LogP contribution in [0, 0.1) is 0 Å². The Balaban J connectivity index is 1.67. The number of hydrogen-bond acceptors (Lipinski definition) is 4. The third-order valence-corrected chi connectivity index (χ3v) is 5.70. The zero-order chi connectivity index (χ0) is 12.0. The number of aryl methyl sites for hydroxylation is 2. The number of aromatic nitrogens is 1. The molecule has 1 saturated carbocycles. The predicted octanol–water partition coefficient (Wildman–Crippen LogP) is 2.39. The molecular formula is C14H20N2OS. The van der Waals surface area contributed by atoms with Crippen LogP contribution in [0.2, 0.25) is 0 Å². The smallest absolute Gasteiger partial charge is 0.116 e. The minimum Gasteiger partial charge on any atom is -0.379 e. The van der Waals surface area contributed by atoms with Crippen molar-refractivity contribution in [1.29, 1.82) is 0 Å². The van der Waals surface area contributed by atoms with Crippen LogP contribution in [-0.2, 0) is 23.1 Å². The van der Waals surface area contributed by atoms with Gasteiger partial charge in [-0.25, -0.2) is 4.98 Å². The van der Waals surface area contributed by atoms with Gasteiger partial charge in [0.1, 0.15) is 5.01 Å². The van der Waals surface area contributed by atoms with E-state index in [1.165, 1.54) is 49.2 Å². The van der Waals surface area contributed by atoms with Crippen LogP contribution in [-0.4, -0.2) is 24.2 Å². The molecule has 1 aromatic rings. The third kappa shape index (κ3) is 1.91. The van der Waals surface area contributed by atoms with Crippen LogP contribution >= 0.6 is 11.3 Å². The van der Waals surface area contributed by atoms with Crippen molar-refractivity contribution in [3.05, 3.63) is 15.6 Å². The normalized spacial score (nSPS) is 31.6. The highest BCUT2D eigenvalue weighted by atomic mass is 32.1. The number of hydrogen-bond donors (Lipinski definition) is 1. The first-order valence-corrected chi connectivity index (χ1v) is 8.02.